The summed E-state index contributed by atoms with van der Waals surface area (Å²) in [5.74, 6) is -1.91. The van der Waals surface area contributed by atoms with Gasteiger partial charge in [0.1, 0.15) is 0 Å². The van der Waals surface area contributed by atoms with Crippen LogP contribution in [0.4, 0.5) is 5.69 Å². The Hall–Kier alpha value is -2.59. The number of hydrogen-bond acceptors (Lipinski definition) is 7. The van der Waals surface area contributed by atoms with Gasteiger partial charge in [0.2, 0.25) is 11.8 Å². The predicted octanol–water partition coefficient (Wildman–Crippen LogP) is 5.60. The van der Waals surface area contributed by atoms with Gasteiger partial charge in [0.25, 0.3) is 0 Å². The fourth-order valence-electron chi connectivity index (χ4n) is 7.34. The second kappa shape index (κ2) is 9.23. The molecule has 1 aromatic heterocycles. The molecule has 5 unspecified atom stereocenters. The number of thiazole rings is 1. The average molecular weight is 602 g/mol. The maximum Gasteiger partial charge on any atom is 0.338 e. The first kappa shape index (κ1) is 25.4. The van der Waals surface area contributed by atoms with Gasteiger partial charge in [-0.05, 0) is 67.0 Å². The molecule has 0 radical (unpaired) electrons. The number of carbonyl (C=O) groups is 3. The number of H-pyrrole nitrogens is 1. The normalized spacial score (nSPS) is 30.3. The highest BCUT2D eigenvalue weighted by molar-refractivity contribution is 8.00. The van der Waals surface area contributed by atoms with Gasteiger partial charge in [0.05, 0.1) is 44.8 Å². The van der Waals surface area contributed by atoms with Crippen LogP contribution >= 0.6 is 46.3 Å². The number of anilines is 1. The summed E-state index contributed by atoms with van der Waals surface area (Å²) in [7, 11) is 0. The predicted molar refractivity (Wildman–Crippen MR) is 150 cm³/mol. The van der Waals surface area contributed by atoms with Crippen molar-refractivity contribution >= 4 is 69.8 Å². The number of imide groups is 1. The van der Waals surface area contributed by atoms with Gasteiger partial charge in [-0.2, -0.15) is 0 Å². The fourth-order valence-corrected chi connectivity index (χ4v) is 10.6. The van der Waals surface area contributed by atoms with Crippen LogP contribution in [0.2, 0.25) is 10.0 Å². The Bertz CT molecular complexity index is 1600. The van der Waals surface area contributed by atoms with Crippen LogP contribution in [-0.2, 0) is 14.3 Å². The molecular weight excluding hydrogens is 579 g/mol. The SMILES string of the molecule is CCOC(=O)c1ccc(N2C(=O)C3C(C2=O)[C@@H]2C[C@H]3C3Sc4[nH]c(=O)sc4C(c4cccc(Cl)c4Cl)C32)cc1. The van der Waals surface area contributed by atoms with Crippen LogP contribution in [0, 0.1) is 29.6 Å². The van der Waals surface area contributed by atoms with E-state index in [0.717, 1.165) is 21.9 Å². The molecule has 7 nitrogen and oxygen atoms in total. The largest absolute Gasteiger partial charge is 0.462 e. The third-order valence-corrected chi connectivity index (χ3v) is 12.1. The molecule has 3 aromatic rings. The standard InChI is InChI=1S/C28H22Cl2N2O5S2/c1-2-37-27(35)11-6-8-12(9-7-11)32-25(33)19-14-10-15(20(19)26(32)34)22-18(14)17(13-4-3-5-16(29)21(13)30)23-24(38-22)31-28(36)39-23/h3-9,14-15,17-20,22H,2,10H2,1H3,(H,31,36)/t14-,15-,17?,18?,19?,20?,22?/m1/s1. The molecule has 2 amide bonds. The Labute approximate surface area is 241 Å². The van der Waals surface area contributed by atoms with Crippen LogP contribution in [0.15, 0.2) is 52.3 Å². The van der Waals surface area contributed by atoms with Gasteiger partial charge in [-0.3, -0.25) is 19.3 Å². The number of aromatic amines is 1. The van der Waals surface area contributed by atoms with Crippen molar-refractivity contribution in [3.63, 3.8) is 0 Å². The first-order valence-corrected chi connectivity index (χ1v) is 15.2. The van der Waals surface area contributed by atoms with Gasteiger partial charge in [-0.25, -0.2) is 4.79 Å². The topological polar surface area (TPSA) is 96.5 Å². The number of carbonyl (C=O) groups excluding carboxylic acids is 3. The van der Waals surface area contributed by atoms with Crippen LogP contribution in [0.25, 0.3) is 0 Å². The van der Waals surface area contributed by atoms with Crippen LogP contribution in [-0.4, -0.2) is 34.6 Å². The van der Waals surface area contributed by atoms with E-state index in [0.29, 0.717) is 21.3 Å². The highest BCUT2D eigenvalue weighted by Crippen LogP contribution is 2.69. The second-order valence-electron chi connectivity index (χ2n) is 10.4. The summed E-state index contributed by atoms with van der Waals surface area (Å²) in [6.07, 6.45) is 0.776. The van der Waals surface area contributed by atoms with Crippen molar-refractivity contribution in [1.29, 1.82) is 0 Å². The van der Waals surface area contributed by atoms with Crippen LogP contribution in [0.1, 0.15) is 40.1 Å². The zero-order chi connectivity index (χ0) is 27.2. The van der Waals surface area contributed by atoms with Gasteiger partial charge in [0.15, 0.2) is 0 Å². The molecule has 200 valence electrons. The Morgan fingerprint density at radius 3 is 2.49 bits per heavy atom. The molecule has 39 heavy (non-hydrogen) atoms. The Kier molecular flexibility index (Phi) is 6.01. The molecule has 0 spiro atoms. The summed E-state index contributed by atoms with van der Waals surface area (Å²) in [6, 6.07) is 12.0. The Balaban J connectivity index is 1.27. The van der Waals surface area contributed by atoms with Gasteiger partial charge in [-0.1, -0.05) is 46.7 Å². The van der Waals surface area contributed by atoms with Crippen molar-refractivity contribution in [2.45, 2.75) is 29.5 Å². The number of halogens is 2. The minimum absolute atomic E-state index is 0.00716. The Morgan fingerprint density at radius 2 is 1.77 bits per heavy atom. The molecule has 2 bridgehead atoms. The quantitative estimate of drug-likeness (QED) is 0.309. The summed E-state index contributed by atoms with van der Waals surface area (Å²) < 4.78 is 5.05. The molecule has 7 atom stereocenters. The number of hydrogen-bond donors (Lipinski definition) is 1. The molecule has 1 N–H and O–H groups in total. The third-order valence-electron chi connectivity index (χ3n) is 8.68. The molecule has 11 heteroatoms. The summed E-state index contributed by atoms with van der Waals surface area (Å²) in [6.45, 7) is 2.00. The number of rotatable bonds is 4. The summed E-state index contributed by atoms with van der Waals surface area (Å²) >= 11 is 16.0. The zero-order valence-electron chi connectivity index (χ0n) is 20.6. The third kappa shape index (κ3) is 3.63. The van der Waals surface area contributed by atoms with Gasteiger partial charge in [-0.15, -0.1) is 11.8 Å². The lowest BCUT2D eigenvalue weighted by Crippen LogP contribution is -2.42. The average Bonchev–Trinajstić information content (AvgIpc) is 3.65. The summed E-state index contributed by atoms with van der Waals surface area (Å²) in [5.41, 5.74) is 1.67. The second-order valence-corrected chi connectivity index (χ2v) is 13.4. The van der Waals surface area contributed by atoms with E-state index in [9.17, 15) is 19.2 Å². The van der Waals surface area contributed by atoms with Crippen molar-refractivity contribution in [3.05, 3.63) is 78.2 Å². The highest BCUT2D eigenvalue weighted by Gasteiger charge is 2.69. The molecule has 2 aliphatic carbocycles. The van der Waals surface area contributed by atoms with Crippen molar-refractivity contribution in [2.24, 2.45) is 29.6 Å². The van der Waals surface area contributed by atoms with Crippen LogP contribution in [0.5, 0.6) is 0 Å². The lowest BCUT2D eigenvalue weighted by Gasteiger charge is -2.43. The summed E-state index contributed by atoms with van der Waals surface area (Å²) in [4.78, 5) is 57.3. The van der Waals surface area contributed by atoms with Gasteiger partial charge in [0, 0.05) is 16.0 Å². The van der Waals surface area contributed by atoms with Crippen molar-refractivity contribution < 1.29 is 19.1 Å². The maximum atomic E-state index is 13.9. The number of aromatic nitrogens is 1. The van der Waals surface area contributed by atoms with Crippen LogP contribution < -0.4 is 9.77 Å². The van der Waals surface area contributed by atoms with Crippen LogP contribution in [0.3, 0.4) is 0 Å². The van der Waals surface area contributed by atoms with E-state index in [1.807, 2.05) is 12.1 Å². The molecular formula is C28H22Cl2N2O5S2. The number of nitrogens with one attached hydrogen (secondary N) is 1. The van der Waals surface area contributed by atoms with E-state index in [1.54, 1.807) is 49.0 Å². The van der Waals surface area contributed by atoms with E-state index >= 15 is 0 Å². The van der Waals surface area contributed by atoms with E-state index in [2.05, 4.69) is 4.98 Å². The molecule has 1 saturated heterocycles. The molecule has 2 aliphatic heterocycles. The Morgan fingerprint density at radius 1 is 1.05 bits per heavy atom. The molecule has 4 aliphatic rings. The van der Waals surface area contributed by atoms with E-state index in [4.69, 9.17) is 27.9 Å². The van der Waals surface area contributed by atoms with E-state index in [1.165, 1.54) is 16.2 Å². The number of thioether (sulfide) groups is 1. The van der Waals surface area contributed by atoms with Crippen molar-refractivity contribution in [3.8, 4) is 0 Å². The smallest absolute Gasteiger partial charge is 0.338 e. The number of ether oxygens (including phenoxy) is 1. The van der Waals surface area contributed by atoms with E-state index in [-0.39, 0.29) is 52.2 Å². The van der Waals surface area contributed by atoms with E-state index < -0.39 is 17.8 Å². The first-order valence-electron chi connectivity index (χ1n) is 12.8. The minimum Gasteiger partial charge on any atom is -0.462 e. The molecule has 3 heterocycles. The number of esters is 1. The monoisotopic (exact) mass is 600 g/mol. The first-order chi connectivity index (χ1) is 18.8. The summed E-state index contributed by atoms with van der Waals surface area (Å²) in [5, 5.41) is 1.77. The lowest BCUT2D eigenvalue weighted by atomic mass is 9.68. The number of fused-ring (bicyclic) bond motifs is 9. The minimum atomic E-state index is -0.449. The van der Waals surface area contributed by atoms with Gasteiger partial charge >= 0.3 is 10.8 Å². The zero-order valence-corrected chi connectivity index (χ0v) is 23.7. The lowest BCUT2D eigenvalue weighted by molar-refractivity contribution is -0.123. The number of nitrogens with zero attached hydrogens (tertiary/aromatic N) is 1. The highest BCUT2D eigenvalue weighted by atomic mass is 35.5. The van der Waals surface area contributed by atoms with Crippen molar-refractivity contribution in [1.82, 2.24) is 4.98 Å². The molecule has 2 aromatic carbocycles. The molecule has 3 fully saturated rings. The molecule has 7 rings (SSSR count). The fraction of sp³-hybridized carbons (Fsp3) is 0.357. The maximum absolute atomic E-state index is 13.9. The van der Waals surface area contributed by atoms with Crippen molar-refractivity contribution in [2.75, 3.05) is 11.5 Å². The number of benzene rings is 2. The van der Waals surface area contributed by atoms with Gasteiger partial charge < -0.3 is 9.72 Å². The number of amides is 2. The molecule has 2 saturated carbocycles.